The van der Waals surface area contributed by atoms with E-state index in [1.165, 1.54) is 36.5 Å². The van der Waals surface area contributed by atoms with Gasteiger partial charge in [0.25, 0.3) is 5.91 Å². The third kappa shape index (κ3) is 4.13. The number of rotatable bonds is 5. The molecule has 0 aliphatic carbocycles. The van der Waals surface area contributed by atoms with E-state index in [9.17, 15) is 18.3 Å². The molecule has 0 unspecified atom stereocenters. The molecular weight excluding hydrogens is 408 g/mol. The summed E-state index contributed by atoms with van der Waals surface area (Å²) in [7, 11) is -3.47. The molecule has 27 heavy (non-hydrogen) atoms. The summed E-state index contributed by atoms with van der Waals surface area (Å²) in [6.45, 7) is 1.52. The van der Waals surface area contributed by atoms with Crippen molar-refractivity contribution in [1.82, 2.24) is 4.98 Å². The quantitative estimate of drug-likeness (QED) is 0.600. The second-order valence-electron chi connectivity index (χ2n) is 5.55. The highest BCUT2D eigenvalue weighted by molar-refractivity contribution is 7.91. The summed E-state index contributed by atoms with van der Waals surface area (Å²) in [6, 6.07) is 10.9. The molecule has 1 aromatic heterocycles. The Labute approximate surface area is 165 Å². The van der Waals surface area contributed by atoms with E-state index in [0.717, 1.165) is 0 Å². The molecule has 2 aromatic carbocycles. The van der Waals surface area contributed by atoms with Crippen molar-refractivity contribution in [1.29, 1.82) is 0 Å². The zero-order chi connectivity index (χ0) is 19.6. The largest absolute Gasteiger partial charge is 0.506 e. The molecule has 0 saturated heterocycles. The number of nitrogens with zero attached hydrogens (tertiary/aromatic N) is 1. The van der Waals surface area contributed by atoms with E-state index < -0.39 is 15.7 Å². The fraction of sp³-hybridized carbons (Fsp3) is 0.111. The highest BCUT2D eigenvalue weighted by Crippen LogP contribution is 2.31. The first-order valence-electron chi connectivity index (χ1n) is 7.89. The number of hydrogen-bond donors (Lipinski definition) is 2. The van der Waals surface area contributed by atoms with Gasteiger partial charge >= 0.3 is 0 Å². The zero-order valence-electron chi connectivity index (χ0n) is 14.1. The number of aromatic hydroxyl groups is 1. The zero-order valence-corrected chi connectivity index (χ0v) is 16.5. The average Bonchev–Trinajstić information content (AvgIpc) is 3.13. The molecule has 3 rings (SSSR count). The first-order valence-corrected chi connectivity index (χ1v) is 10.8. The van der Waals surface area contributed by atoms with E-state index in [1.54, 1.807) is 23.6 Å². The van der Waals surface area contributed by atoms with Crippen molar-refractivity contribution in [3.8, 4) is 16.3 Å². The fourth-order valence-corrected chi connectivity index (χ4v) is 4.32. The molecule has 0 saturated carbocycles. The van der Waals surface area contributed by atoms with Crippen LogP contribution in [0.1, 0.15) is 17.4 Å². The first kappa shape index (κ1) is 19.3. The molecule has 0 aliphatic rings. The van der Waals surface area contributed by atoms with Crippen LogP contribution in [0.25, 0.3) is 10.6 Å². The van der Waals surface area contributed by atoms with Gasteiger partial charge in [0.05, 0.1) is 21.4 Å². The Morgan fingerprint density at radius 3 is 2.70 bits per heavy atom. The Kier molecular flexibility index (Phi) is 5.50. The van der Waals surface area contributed by atoms with Crippen LogP contribution in [0.15, 0.2) is 52.7 Å². The number of anilines is 1. The number of amides is 1. The van der Waals surface area contributed by atoms with Crippen molar-refractivity contribution in [3.63, 3.8) is 0 Å². The summed E-state index contributed by atoms with van der Waals surface area (Å²) in [4.78, 5) is 16.8. The summed E-state index contributed by atoms with van der Waals surface area (Å²) in [5, 5.41) is 15.1. The van der Waals surface area contributed by atoms with Gasteiger partial charge in [0.15, 0.2) is 9.84 Å². The Morgan fingerprint density at radius 2 is 2.00 bits per heavy atom. The molecule has 140 valence electrons. The Hall–Kier alpha value is -2.42. The second-order valence-corrected chi connectivity index (χ2v) is 9.10. The monoisotopic (exact) mass is 422 g/mol. The maximum Gasteiger partial charge on any atom is 0.275 e. The van der Waals surface area contributed by atoms with Crippen molar-refractivity contribution in [3.05, 3.63) is 58.6 Å². The van der Waals surface area contributed by atoms with Crippen molar-refractivity contribution >= 4 is 44.4 Å². The maximum absolute atomic E-state index is 12.5. The lowest BCUT2D eigenvalue weighted by atomic mass is 10.2. The van der Waals surface area contributed by atoms with Crippen LogP contribution in [-0.4, -0.2) is 30.2 Å². The van der Waals surface area contributed by atoms with Crippen LogP contribution in [0.3, 0.4) is 0 Å². The van der Waals surface area contributed by atoms with Gasteiger partial charge in [0.1, 0.15) is 16.5 Å². The van der Waals surface area contributed by atoms with E-state index >= 15 is 0 Å². The van der Waals surface area contributed by atoms with Crippen LogP contribution in [0.5, 0.6) is 5.75 Å². The van der Waals surface area contributed by atoms with E-state index in [-0.39, 0.29) is 27.8 Å². The number of carbonyl (C=O) groups is 1. The lowest BCUT2D eigenvalue weighted by Crippen LogP contribution is -2.13. The lowest BCUT2D eigenvalue weighted by molar-refractivity contribution is 0.102. The van der Waals surface area contributed by atoms with E-state index in [1.807, 2.05) is 6.07 Å². The fourth-order valence-electron chi connectivity index (χ4n) is 2.30. The van der Waals surface area contributed by atoms with Gasteiger partial charge in [-0.25, -0.2) is 13.4 Å². The standard InChI is InChI=1S/C18H15ClN2O4S2/c1-2-27(24,25)11-7-8-16(22)14(9-11)20-17(23)15-10-26-18(21-15)12-5-3-4-6-13(12)19/h3-10,22H,2H2,1H3,(H,20,23). The van der Waals surface area contributed by atoms with Crippen LogP contribution in [-0.2, 0) is 9.84 Å². The molecule has 0 atom stereocenters. The molecule has 2 N–H and O–H groups in total. The molecule has 6 nitrogen and oxygen atoms in total. The van der Waals surface area contributed by atoms with E-state index in [2.05, 4.69) is 10.3 Å². The molecule has 0 spiro atoms. The van der Waals surface area contributed by atoms with Gasteiger partial charge in [-0.1, -0.05) is 36.7 Å². The molecule has 3 aromatic rings. The summed E-state index contributed by atoms with van der Waals surface area (Å²) in [5.74, 6) is -0.885. The van der Waals surface area contributed by atoms with Crippen molar-refractivity contribution in [2.75, 3.05) is 11.1 Å². The van der Waals surface area contributed by atoms with Crippen molar-refractivity contribution < 1.29 is 18.3 Å². The number of sulfone groups is 1. The van der Waals surface area contributed by atoms with E-state index in [4.69, 9.17) is 11.6 Å². The number of nitrogens with one attached hydrogen (secondary N) is 1. The number of benzene rings is 2. The number of hydrogen-bond acceptors (Lipinski definition) is 6. The maximum atomic E-state index is 12.5. The molecule has 0 aliphatic heterocycles. The number of phenols is 1. The number of thiazole rings is 1. The normalized spacial score (nSPS) is 11.3. The van der Waals surface area contributed by atoms with Crippen LogP contribution >= 0.6 is 22.9 Å². The number of carbonyl (C=O) groups excluding carboxylic acids is 1. The Balaban J connectivity index is 1.87. The average molecular weight is 423 g/mol. The van der Waals surface area contributed by atoms with Crippen LogP contribution in [0.4, 0.5) is 5.69 Å². The molecule has 0 radical (unpaired) electrons. The van der Waals surface area contributed by atoms with Gasteiger partial charge in [0.2, 0.25) is 0 Å². The summed E-state index contributed by atoms with van der Waals surface area (Å²) < 4.78 is 24.0. The van der Waals surface area contributed by atoms with Gasteiger partial charge in [-0.15, -0.1) is 11.3 Å². The summed E-state index contributed by atoms with van der Waals surface area (Å²) in [6.07, 6.45) is 0. The molecule has 9 heteroatoms. The van der Waals surface area contributed by atoms with Crippen LogP contribution < -0.4 is 5.32 Å². The summed E-state index contributed by atoms with van der Waals surface area (Å²) >= 11 is 7.40. The summed E-state index contributed by atoms with van der Waals surface area (Å²) in [5.41, 5.74) is 0.849. The van der Waals surface area contributed by atoms with E-state index in [0.29, 0.717) is 15.6 Å². The smallest absolute Gasteiger partial charge is 0.275 e. The van der Waals surface area contributed by atoms with Crippen LogP contribution in [0.2, 0.25) is 5.02 Å². The topological polar surface area (TPSA) is 96.4 Å². The highest BCUT2D eigenvalue weighted by atomic mass is 35.5. The third-order valence-corrected chi connectivity index (χ3v) is 6.73. The van der Waals surface area contributed by atoms with Gasteiger partial charge in [0, 0.05) is 10.9 Å². The van der Waals surface area contributed by atoms with Gasteiger partial charge in [-0.2, -0.15) is 0 Å². The molecule has 1 heterocycles. The Morgan fingerprint density at radius 1 is 1.26 bits per heavy atom. The minimum atomic E-state index is -3.47. The number of phenolic OH excluding ortho intramolecular Hbond substituents is 1. The molecule has 1 amide bonds. The molecule has 0 bridgehead atoms. The predicted molar refractivity (Wildman–Crippen MR) is 106 cm³/mol. The van der Waals surface area contributed by atoms with Crippen LogP contribution in [0, 0.1) is 0 Å². The molecular formula is C18H15ClN2O4S2. The second kappa shape index (κ2) is 7.67. The lowest BCUT2D eigenvalue weighted by Gasteiger charge is -2.08. The minimum absolute atomic E-state index is 0.00168. The highest BCUT2D eigenvalue weighted by Gasteiger charge is 2.18. The third-order valence-electron chi connectivity index (χ3n) is 3.80. The van der Waals surface area contributed by atoms with Gasteiger partial charge in [-0.3, -0.25) is 4.79 Å². The molecule has 0 fully saturated rings. The van der Waals surface area contributed by atoms with Gasteiger partial charge < -0.3 is 10.4 Å². The SMILES string of the molecule is CCS(=O)(=O)c1ccc(O)c(NC(=O)c2csc(-c3ccccc3Cl)n2)c1. The van der Waals surface area contributed by atoms with Crippen molar-refractivity contribution in [2.24, 2.45) is 0 Å². The number of halogens is 1. The van der Waals surface area contributed by atoms with Crippen molar-refractivity contribution in [2.45, 2.75) is 11.8 Å². The first-order chi connectivity index (χ1) is 12.8. The predicted octanol–water partition coefficient (Wildman–Crippen LogP) is 4.22. The van der Waals surface area contributed by atoms with Gasteiger partial charge in [-0.05, 0) is 24.3 Å². The minimum Gasteiger partial charge on any atom is -0.506 e. The number of aromatic nitrogens is 1. The Bertz CT molecular complexity index is 1110.